The van der Waals surface area contributed by atoms with E-state index in [0.717, 1.165) is 22.4 Å². The Labute approximate surface area is 141 Å². The van der Waals surface area contributed by atoms with Gasteiger partial charge in [0.2, 0.25) is 0 Å². The molecule has 23 heavy (non-hydrogen) atoms. The third kappa shape index (κ3) is 5.18. The summed E-state index contributed by atoms with van der Waals surface area (Å²) < 4.78 is 10.6. The maximum Gasteiger partial charge on any atom is 0.331 e. The zero-order valence-corrected chi connectivity index (χ0v) is 14.4. The second-order valence-corrected chi connectivity index (χ2v) is 5.91. The number of thioether (sulfide) groups is 1. The van der Waals surface area contributed by atoms with Crippen LogP contribution in [0.25, 0.3) is 6.08 Å². The van der Waals surface area contributed by atoms with Gasteiger partial charge in [-0.3, -0.25) is 0 Å². The Morgan fingerprint density at radius 2 is 1.91 bits per heavy atom. The van der Waals surface area contributed by atoms with Crippen molar-refractivity contribution in [2.24, 2.45) is 0 Å². The average Bonchev–Trinajstić information content (AvgIpc) is 2.58. The fraction of sp³-hybridized carbons (Fsp3) is 0.211. The molecule has 0 atom stereocenters. The first-order chi connectivity index (χ1) is 11.1. The van der Waals surface area contributed by atoms with Crippen LogP contribution in [0.15, 0.2) is 53.4 Å². The van der Waals surface area contributed by atoms with Crippen molar-refractivity contribution >= 4 is 23.8 Å². The van der Waals surface area contributed by atoms with Crippen LogP contribution in [0, 0.1) is 6.92 Å². The minimum Gasteiger partial charge on any atom is -0.496 e. The van der Waals surface area contributed by atoms with E-state index in [1.54, 1.807) is 24.9 Å². The number of esters is 1. The monoisotopic (exact) mass is 328 g/mol. The van der Waals surface area contributed by atoms with Gasteiger partial charge in [-0.2, -0.15) is 0 Å². The quantitative estimate of drug-likeness (QED) is 0.445. The van der Waals surface area contributed by atoms with Crippen LogP contribution in [0.2, 0.25) is 0 Å². The zero-order valence-electron chi connectivity index (χ0n) is 13.5. The molecule has 0 amide bonds. The van der Waals surface area contributed by atoms with Gasteiger partial charge in [0, 0.05) is 16.5 Å². The van der Waals surface area contributed by atoms with Crippen molar-refractivity contribution in [1.82, 2.24) is 0 Å². The summed E-state index contributed by atoms with van der Waals surface area (Å²) in [7, 11) is 1.61. The van der Waals surface area contributed by atoms with Gasteiger partial charge >= 0.3 is 5.97 Å². The van der Waals surface area contributed by atoms with Gasteiger partial charge in [0.15, 0.2) is 0 Å². The predicted molar refractivity (Wildman–Crippen MR) is 94.8 cm³/mol. The molecule has 0 aromatic heterocycles. The van der Waals surface area contributed by atoms with Crippen LogP contribution in [0.1, 0.15) is 16.7 Å². The minimum absolute atomic E-state index is 0.194. The van der Waals surface area contributed by atoms with Crippen molar-refractivity contribution in [3.05, 3.63) is 65.2 Å². The lowest BCUT2D eigenvalue weighted by Gasteiger charge is -2.09. The largest absolute Gasteiger partial charge is 0.496 e. The molecule has 2 aromatic rings. The molecule has 0 fully saturated rings. The molecule has 4 heteroatoms. The van der Waals surface area contributed by atoms with Crippen molar-refractivity contribution in [1.29, 1.82) is 0 Å². The highest BCUT2D eigenvalue weighted by atomic mass is 32.2. The Balaban J connectivity index is 1.94. The lowest BCUT2D eigenvalue weighted by molar-refractivity contribution is -0.138. The number of carbonyl (C=O) groups excluding carboxylic acids is 1. The molecule has 0 aliphatic rings. The van der Waals surface area contributed by atoms with E-state index in [-0.39, 0.29) is 12.6 Å². The molecule has 0 radical (unpaired) electrons. The molecule has 0 aliphatic carbocycles. The summed E-state index contributed by atoms with van der Waals surface area (Å²) in [5.41, 5.74) is 2.92. The number of aryl methyl sites for hydroxylation is 1. The Morgan fingerprint density at radius 3 is 2.57 bits per heavy atom. The van der Waals surface area contributed by atoms with Gasteiger partial charge < -0.3 is 9.47 Å². The SMILES string of the molecule is COc1ccc(C)cc1COC(=O)/C=C/c1ccc(SC)cc1. The van der Waals surface area contributed by atoms with Gasteiger partial charge in [-0.25, -0.2) is 4.79 Å². The third-order valence-electron chi connectivity index (χ3n) is 3.33. The first-order valence-corrected chi connectivity index (χ1v) is 8.47. The Hall–Kier alpha value is -2.20. The summed E-state index contributed by atoms with van der Waals surface area (Å²) in [6, 6.07) is 13.8. The molecule has 0 aliphatic heterocycles. The molecule has 0 bridgehead atoms. The Kier molecular flexibility index (Phi) is 6.29. The van der Waals surface area contributed by atoms with Crippen LogP contribution in [0.5, 0.6) is 5.75 Å². The maximum absolute atomic E-state index is 11.8. The van der Waals surface area contributed by atoms with E-state index in [1.165, 1.54) is 11.0 Å². The highest BCUT2D eigenvalue weighted by Crippen LogP contribution is 2.20. The van der Waals surface area contributed by atoms with E-state index in [9.17, 15) is 4.79 Å². The highest BCUT2D eigenvalue weighted by molar-refractivity contribution is 7.98. The predicted octanol–water partition coefficient (Wildman–Crippen LogP) is 4.48. The molecule has 2 rings (SSSR count). The van der Waals surface area contributed by atoms with E-state index < -0.39 is 0 Å². The highest BCUT2D eigenvalue weighted by Gasteiger charge is 2.05. The van der Waals surface area contributed by atoms with Gasteiger partial charge in [-0.1, -0.05) is 23.8 Å². The van der Waals surface area contributed by atoms with Crippen LogP contribution in [-0.4, -0.2) is 19.3 Å². The van der Waals surface area contributed by atoms with Crippen LogP contribution in [0.4, 0.5) is 0 Å². The third-order valence-corrected chi connectivity index (χ3v) is 4.08. The van der Waals surface area contributed by atoms with Crippen LogP contribution < -0.4 is 4.74 Å². The maximum atomic E-state index is 11.8. The van der Waals surface area contributed by atoms with Crippen LogP contribution >= 0.6 is 11.8 Å². The van der Waals surface area contributed by atoms with Gasteiger partial charge in [0.25, 0.3) is 0 Å². The minimum atomic E-state index is -0.373. The fourth-order valence-electron chi connectivity index (χ4n) is 2.10. The summed E-state index contributed by atoms with van der Waals surface area (Å²) in [6.07, 6.45) is 5.22. The number of benzene rings is 2. The molecular formula is C19H20O3S. The second kappa shape index (κ2) is 8.44. The Bertz CT molecular complexity index is 690. The van der Waals surface area contributed by atoms with Crippen molar-refractivity contribution in [2.45, 2.75) is 18.4 Å². The summed E-state index contributed by atoms with van der Waals surface area (Å²) in [5, 5.41) is 0. The van der Waals surface area contributed by atoms with Crippen LogP contribution in [0.3, 0.4) is 0 Å². The van der Waals surface area contributed by atoms with Crippen molar-refractivity contribution in [3.63, 3.8) is 0 Å². The molecule has 0 saturated heterocycles. The first kappa shape index (κ1) is 17.2. The summed E-state index contributed by atoms with van der Waals surface area (Å²) in [5.74, 6) is 0.350. The molecule has 3 nitrogen and oxygen atoms in total. The normalized spacial score (nSPS) is 10.7. The summed E-state index contributed by atoms with van der Waals surface area (Å²) >= 11 is 1.68. The van der Waals surface area contributed by atoms with E-state index in [2.05, 4.69) is 0 Å². The van der Waals surface area contributed by atoms with E-state index >= 15 is 0 Å². The van der Waals surface area contributed by atoms with Crippen LogP contribution in [-0.2, 0) is 16.1 Å². The summed E-state index contributed by atoms with van der Waals surface area (Å²) in [4.78, 5) is 13.0. The molecule has 0 heterocycles. The zero-order chi connectivity index (χ0) is 16.7. The molecule has 0 unspecified atom stereocenters. The van der Waals surface area contributed by atoms with E-state index in [0.29, 0.717) is 0 Å². The number of hydrogen-bond donors (Lipinski definition) is 0. The lowest BCUT2D eigenvalue weighted by Crippen LogP contribution is -2.02. The van der Waals surface area contributed by atoms with Gasteiger partial charge in [0.1, 0.15) is 12.4 Å². The van der Waals surface area contributed by atoms with E-state index in [1.807, 2.05) is 55.6 Å². The molecule has 0 spiro atoms. The summed E-state index contributed by atoms with van der Waals surface area (Å²) in [6.45, 7) is 2.18. The smallest absolute Gasteiger partial charge is 0.331 e. The number of hydrogen-bond acceptors (Lipinski definition) is 4. The molecule has 120 valence electrons. The molecular weight excluding hydrogens is 308 g/mol. The fourth-order valence-corrected chi connectivity index (χ4v) is 2.50. The molecule has 0 N–H and O–H groups in total. The number of ether oxygens (including phenoxy) is 2. The Morgan fingerprint density at radius 1 is 1.17 bits per heavy atom. The average molecular weight is 328 g/mol. The van der Waals surface area contributed by atoms with Gasteiger partial charge in [-0.15, -0.1) is 11.8 Å². The number of carbonyl (C=O) groups is 1. The van der Waals surface area contributed by atoms with Crippen molar-refractivity contribution < 1.29 is 14.3 Å². The second-order valence-electron chi connectivity index (χ2n) is 5.03. The van der Waals surface area contributed by atoms with Gasteiger partial charge in [-0.05, 0) is 49.1 Å². The standard InChI is InChI=1S/C19H20O3S/c1-14-4-10-18(21-2)16(12-14)13-22-19(20)11-7-15-5-8-17(23-3)9-6-15/h4-12H,13H2,1-3H3/b11-7+. The molecule has 2 aromatic carbocycles. The van der Waals surface area contributed by atoms with Crippen molar-refractivity contribution in [2.75, 3.05) is 13.4 Å². The first-order valence-electron chi connectivity index (χ1n) is 7.25. The van der Waals surface area contributed by atoms with Gasteiger partial charge in [0.05, 0.1) is 7.11 Å². The molecule has 0 saturated carbocycles. The topological polar surface area (TPSA) is 35.5 Å². The lowest BCUT2D eigenvalue weighted by atomic mass is 10.1. The van der Waals surface area contributed by atoms with E-state index in [4.69, 9.17) is 9.47 Å². The van der Waals surface area contributed by atoms with Crippen molar-refractivity contribution in [3.8, 4) is 5.75 Å². The number of methoxy groups -OCH3 is 1. The number of rotatable bonds is 6.